The van der Waals surface area contributed by atoms with Crippen LogP contribution in [-0.4, -0.2) is 29.7 Å². The van der Waals surface area contributed by atoms with E-state index in [0.717, 1.165) is 5.56 Å². The van der Waals surface area contributed by atoms with Crippen LogP contribution in [0.5, 0.6) is 0 Å². The summed E-state index contributed by atoms with van der Waals surface area (Å²) in [5.74, 6) is 0.0156. The van der Waals surface area contributed by atoms with Crippen molar-refractivity contribution in [2.45, 2.75) is 20.3 Å². The number of Topliss-reactive ketones (excluding diaryl/α,β-unsaturated/α-hetero) is 1. The molecule has 0 radical (unpaired) electrons. The van der Waals surface area contributed by atoms with Gasteiger partial charge in [-0.3, -0.25) is 9.59 Å². The van der Waals surface area contributed by atoms with Gasteiger partial charge < -0.3 is 4.90 Å². The van der Waals surface area contributed by atoms with Gasteiger partial charge in [-0.25, -0.2) is 0 Å². The quantitative estimate of drug-likeness (QED) is 0.764. The molecule has 0 aliphatic rings. The van der Waals surface area contributed by atoms with Crippen LogP contribution in [0.15, 0.2) is 54.6 Å². The zero-order valence-corrected chi connectivity index (χ0v) is 13.1. The van der Waals surface area contributed by atoms with E-state index in [1.165, 1.54) is 0 Å². The molecule has 1 amide bonds. The molecule has 22 heavy (non-hydrogen) atoms. The molecular weight excluding hydrogens is 274 g/mol. The fraction of sp³-hybridized carbons (Fsp3) is 0.263. The maximum Gasteiger partial charge on any atom is 0.254 e. The molecule has 3 nitrogen and oxygen atoms in total. The van der Waals surface area contributed by atoms with Crippen molar-refractivity contribution in [3.05, 3.63) is 71.3 Å². The zero-order chi connectivity index (χ0) is 15.9. The molecular formula is C19H21NO2. The van der Waals surface area contributed by atoms with Gasteiger partial charge in [-0.1, -0.05) is 48.5 Å². The van der Waals surface area contributed by atoms with Gasteiger partial charge in [-0.05, 0) is 25.5 Å². The van der Waals surface area contributed by atoms with Crippen molar-refractivity contribution in [1.29, 1.82) is 0 Å². The highest BCUT2D eigenvalue weighted by molar-refractivity contribution is 6.01. The average molecular weight is 295 g/mol. The Labute approximate surface area is 131 Å². The van der Waals surface area contributed by atoms with Gasteiger partial charge in [0.15, 0.2) is 5.78 Å². The van der Waals surface area contributed by atoms with Crippen LogP contribution in [0, 0.1) is 0 Å². The Balaban J connectivity index is 2.25. The number of hydrogen-bond acceptors (Lipinski definition) is 2. The lowest BCUT2D eigenvalue weighted by Crippen LogP contribution is -2.31. The second-order valence-electron chi connectivity index (χ2n) is 5.10. The monoisotopic (exact) mass is 295 g/mol. The largest absolute Gasteiger partial charge is 0.339 e. The third-order valence-corrected chi connectivity index (χ3v) is 3.75. The van der Waals surface area contributed by atoms with E-state index in [1.807, 2.05) is 50.2 Å². The van der Waals surface area contributed by atoms with Gasteiger partial charge in [0, 0.05) is 30.6 Å². The van der Waals surface area contributed by atoms with Gasteiger partial charge in [0.1, 0.15) is 0 Å². The highest BCUT2D eigenvalue weighted by atomic mass is 16.2. The van der Waals surface area contributed by atoms with E-state index >= 15 is 0 Å². The van der Waals surface area contributed by atoms with Crippen molar-refractivity contribution in [3.8, 4) is 0 Å². The Kier molecular flexibility index (Phi) is 5.48. The Morgan fingerprint density at radius 1 is 0.864 bits per heavy atom. The number of nitrogens with zero attached hydrogens (tertiary/aromatic N) is 1. The number of benzene rings is 2. The minimum Gasteiger partial charge on any atom is -0.339 e. The fourth-order valence-electron chi connectivity index (χ4n) is 2.46. The molecule has 0 saturated carbocycles. The summed E-state index contributed by atoms with van der Waals surface area (Å²) in [5, 5.41) is 0. The summed E-state index contributed by atoms with van der Waals surface area (Å²) in [5.41, 5.74) is 2.08. The second kappa shape index (κ2) is 7.55. The molecule has 0 aliphatic heterocycles. The highest BCUT2D eigenvalue weighted by Gasteiger charge is 2.18. The van der Waals surface area contributed by atoms with Gasteiger partial charge in [0.25, 0.3) is 5.91 Å². The maximum absolute atomic E-state index is 12.6. The van der Waals surface area contributed by atoms with Gasteiger partial charge in [0.05, 0.1) is 0 Å². The predicted octanol–water partition coefficient (Wildman–Crippen LogP) is 3.59. The highest BCUT2D eigenvalue weighted by Crippen LogP contribution is 2.15. The summed E-state index contributed by atoms with van der Waals surface area (Å²) in [6.07, 6.45) is 0.243. The van der Waals surface area contributed by atoms with Crippen LogP contribution in [0.1, 0.15) is 40.1 Å². The van der Waals surface area contributed by atoms with Crippen molar-refractivity contribution in [1.82, 2.24) is 4.90 Å². The molecule has 0 unspecified atom stereocenters. The molecule has 0 fully saturated rings. The standard InChI is InChI=1S/C19H21NO2/c1-3-20(4-2)19(22)17-13-9-8-12-16(17)14-18(21)15-10-6-5-7-11-15/h5-13H,3-4,14H2,1-2H3. The maximum atomic E-state index is 12.6. The lowest BCUT2D eigenvalue weighted by atomic mass is 9.98. The van der Waals surface area contributed by atoms with Crippen LogP contribution < -0.4 is 0 Å². The zero-order valence-electron chi connectivity index (χ0n) is 13.1. The number of rotatable bonds is 6. The Bertz CT molecular complexity index is 645. The van der Waals surface area contributed by atoms with E-state index in [-0.39, 0.29) is 18.1 Å². The van der Waals surface area contributed by atoms with E-state index in [2.05, 4.69) is 0 Å². The summed E-state index contributed by atoms with van der Waals surface area (Å²) >= 11 is 0. The van der Waals surface area contributed by atoms with Crippen molar-refractivity contribution in [2.75, 3.05) is 13.1 Å². The summed E-state index contributed by atoms with van der Waals surface area (Å²) in [4.78, 5) is 26.7. The molecule has 0 heterocycles. The van der Waals surface area contributed by atoms with Crippen LogP contribution in [0.4, 0.5) is 0 Å². The van der Waals surface area contributed by atoms with E-state index < -0.39 is 0 Å². The number of carbonyl (C=O) groups excluding carboxylic acids is 2. The SMILES string of the molecule is CCN(CC)C(=O)c1ccccc1CC(=O)c1ccccc1. The summed E-state index contributed by atoms with van der Waals surface area (Å²) in [6.45, 7) is 5.24. The molecule has 0 saturated heterocycles. The van der Waals surface area contributed by atoms with Gasteiger partial charge in [0.2, 0.25) is 0 Å². The van der Waals surface area contributed by atoms with Crippen molar-refractivity contribution < 1.29 is 9.59 Å². The third-order valence-electron chi connectivity index (χ3n) is 3.75. The molecule has 2 rings (SSSR count). The van der Waals surface area contributed by atoms with Gasteiger partial charge >= 0.3 is 0 Å². The molecule has 3 heteroatoms. The lowest BCUT2D eigenvalue weighted by Gasteiger charge is -2.20. The van der Waals surface area contributed by atoms with Crippen LogP contribution in [0.25, 0.3) is 0 Å². The van der Waals surface area contributed by atoms with Crippen molar-refractivity contribution in [2.24, 2.45) is 0 Å². The van der Waals surface area contributed by atoms with E-state index in [9.17, 15) is 9.59 Å². The molecule has 2 aromatic rings. The number of carbonyl (C=O) groups is 2. The normalized spacial score (nSPS) is 10.3. The van der Waals surface area contributed by atoms with Crippen LogP contribution in [0.3, 0.4) is 0 Å². The topological polar surface area (TPSA) is 37.4 Å². The molecule has 0 bridgehead atoms. The molecule has 0 N–H and O–H groups in total. The van der Waals surface area contributed by atoms with Crippen molar-refractivity contribution in [3.63, 3.8) is 0 Å². The Morgan fingerprint density at radius 3 is 2.09 bits per heavy atom. The summed E-state index contributed by atoms with van der Waals surface area (Å²) in [6, 6.07) is 16.6. The van der Waals surface area contributed by atoms with Crippen LogP contribution >= 0.6 is 0 Å². The van der Waals surface area contributed by atoms with Gasteiger partial charge in [-0.15, -0.1) is 0 Å². The van der Waals surface area contributed by atoms with Crippen LogP contribution in [0.2, 0.25) is 0 Å². The first-order valence-electron chi connectivity index (χ1n) is 7.62. The predicted molar refractivity (Wildman–Crippen MR) is 88.2 cm³/mol. The molecule has 2 aromatic carbocycles. The third kappa shape index (κ3) is 3.61. The smallest absolute Gasteiger partial charge is 0.254 e. The molecule has 0 aromatic heterocycles. The molecule has 0 spiro atoms. The second-order valence-corrected chi connectivity index (χ2v) is 5.10. The Morgan fingerprint density at radius 2 is 1.45 bits per heavy atom. The van der Waals surface area contributed by atoms with E-state index in [0.29, 0.717) is 24.2 Å². The average Bonchev–Trinajstić information content (AvgIpc) is 2.57. The molecule has 114 valence electrons. The molecule has 0 atom stereocenters. The first-order valence-corrected chi connectivity index (χ1v) is 7.62. The number of ketones is 1. The lowest BCUT2D eigenvalue weighted by molar-refractivity contribution is 0.0772. The first-order chi connectivity index (χ1) is 10.7. The van der Waals surface area contributed by atoms with Gasteiger partial charge in [-0.2, -0.15) is 0 Å². The minimum absolute atomic E-state index is 0.0125. The van der Waals surface area contributed by atoms with Crippen molar-refractivity contribution >= 4 is 11.7 Å². The fourth-order valence-corrected chi connectivity index (χ4v) is 2.46. The summed E-state index contributed by atoms with van der Waals surface area (Å²) < 4.78 is 0. The number of hydrogen-bond donors (Lipinski definition) is 0. The van der Waals surface area contributed by atoms with Crippen LogP contribution in [-0.2, 0) is 6.42 Å². The summed E-state index contributed by atoms with van der Waals surface area (Å²) in [7, 11) is 0. The van der Waals surface area contributed by atoms with E-state index in [4.69, 9.17) is 0 Å². The molecule has 0 aliphatic carbocycles. The first kappa shape index (κ1) is 16.0. The minimum atomic E-state index is -0.0125. The number of amides is 1. The van der Waals surface area contributed by atoms with E-state index in [1.54, 1.807) is 23.1 Å². The Hall–Kier alpha value is -2.42.